The van der Waals surface area contributed by atoms with E-state index < -0.39 is 0 Å². The van der Waals surface area contributed by atoms with Crippen molar-refractivity contribution < 1.29 is 4.52 Å². The molecule has 0 bridgehead atoms. The van der Waals surface area contributed by atoms with Gasteiger partial charge in [-0.3, -0.25) is 0 Å². The first-order valence-electron chi connectivity index (χ1n) is 5.67. The molecular formula is C13H12N4O. The Morgan fingerprint density at radius 2 is 1.89 bits per heavy atom. The van der Waals surface area contributed by atoms with Gasteiger partial charge in [-0.15, -0.1) is 10.2 Å². The molecule has 90 valence electrons. The summed E-state index contributed by atoms with van der Waals surface area (Å²) in [4.78, 5) is 0. The number of hydrogen-bond donors (Lipinski definition) is 1. The van der Waals surface area contributed by atoms with Crippen LogP contribution in [0.5, 0.6) is 0 Å². The molecular weight excluding hydrogens is 228 g/mol. The van der Waals surface area contributed by atoms with Crippen molar-refractivity contribution in [3.63, 3.8) is 0 Å². The molecule has 5 nitrogen and oxygen atoms in total. The smallest absolute Gasteiger partial charge is 0.178 e. The van der Waals surface area contributed by atoms with Gasteiger partial charge in [-0.1, -0.05) is 35.5 Å². The molecule has 3 rings (SSSR count). The summed E-state index contributed by atoms with van der Waals surface area (Å²) in [6, 6.07) is 9.90. The topological polar surface area (TPSA) is 63.8 Å². The number of aryl methyl sites for hydroxylation is 1. The van der Waals surface area contributed by atoms with Crippen LogP contribution in [0.3, 0.4) is 0 Å². The van der Waals surface area contributed by atoms with Gasteiger partial charge >= 0.3 is 0 Å². The lowest BCUT2D eigenvalue weighted by molar-refractivity contribution is 0.405. The van der Waals surface area contributed by atoms with Crippen molar-refractivity contribution in [3.05, 3.63) is 36.1 Å². The molecule has 0 aliphatic heterocycles. The zero-order valence-corrected chi connectivity index (χ0v) is 10.1. The van der Waals surface area contributed by atoms with Crippen molar-refractivity contribution in [3.8, 4) is 11.3 Å². The molecule has 0 aliphatic rings. The van der Waals surface area contributed by atoms with E-state index in [1.807, 2.05) is 37.3 Å². The zero-order chi connectivity index (χ0) is 12.5. The fourth-order valence-electron chi connectivity index (χ4n) is 1.98. The number of rotatable bonds is 2. The Bertz CT molecular complexity index is 691. The summed E-state index contributed by atoms with van der Waals surface area (Å²) in [6.07, 6.45) is 0. The number of fused-ring (bicyclic) bond motifs is 1. The average molecular weight is 240 g/mol. The maximum absolute atomic E-state index is 5.25. The van der Waals surface area contributed by atoms with Gasteiger partial charge < -0.3 is 9.84 Å². The van der Waals surface area contributed by atoms with Gasteiger partial charge in [0.05, 0.1) is 5.39 Å². The Hall–Kier alpha value is -2.43. The molecule has 0 radical (unpaired) electrons. The Morgan fingerprint density at radius 1 is 1.11 bits per heavy atom. The van der Waals surface area contributed by atoms with E-state index in [2.05, 4.69) is 20.7 Å². The number of aromatic nitrogens is 3. The predicted octanol–water partition coefficient (Wildman–Crippen LogP) is 2.63. The van der Waals surface area contributed by atoms with Crippen molar-refractivity contribution in [2.45, 2.75) is 6.92 Å². The van der Waals surface area contributed by atoms with E-state index in [4.69, 9.17) is 4.52 Å². The molecule has 0 saturated heterocycles. The molecule has 0 unspecified atom stereocenters. The molecule has 18 heavy (non-hydrogen) atoms. The summed E-state index contributed by atoms with van der Waals surface area (Å²) in [7, 11) is 1.79. The van der Waals surface area contributed by atoms with Crippen LogP contribution in [-0.2, 0) is 0 Å². The van der Waals surface area contributed by atoms with E-state index in [0.717, 1.165) is 22.4 Å². The van der Waals surface area contributed by atoms with E-state index in [1.54, 1.807) is 7.05 Å². The van der Waals surface area contributed by atoms with Gasteiger partial charge in [0.2, 0.25) is 0 Å². The van der Waals surface area contributed by atoms with Crippen LogP contribution in [0.1, 0.15) is 5.76 Å². The lowest BCUT2D eigenvalue weighted by atomic mass is 10.1. The molecule has 2 heterocycles. The molecule has 0 fully saturated rings. The van der Waals surface area contributed by atoms with Crippen molar-refractivity contribution in [1.82, 2.24) is 15.4 Å². The minimum atomic E-state index is 0.626. The molecule has 0 saturated carbocycles. The second-order valence-corrected chi connectivity index (χ2v) is 3.98. The maximum atomic E-state index is 5.25. The van der Waals surface area contributed by atoms with Gasteiger partial charge in [0.1, 0.15) is 11.5 Å². The minimum absolute atomic E-state index is 0.626. The zero-order valence-electron chi connectivity index (χ0n) is 10.1. The second kappa shape index (κ2) is 4.10. The largest absolute Gasteiger partial charge is 0.370 e. The van der Waals surface area contributed by atoms with Crippen LogP contribution >= 0.6 is 0 Å². The van der Waals surface area contributed by atoms with E-state index in [1.165, 1.54) is 0 Å². The third-order valence-electron chi connectivity index (χ3n) is 2.86. The summed E-state index contributed by atoms with van der Waals surface area (Å²) in [5, 5.41) is 16.3. The highest BCUT2D eigenvalue weighted by Crippen LogP contribution is 2.31. The maximum Gasteiger partial charge on any atom is 0.178 e. The SMILES string of the molecule is CNc1nnc(-c2ccccc2)c2c(C)onc12. The summed E-state index contributed by atoms with van der Waals surface area (Å²) in [6.45, 7) is 1.88. The first kappa shape index (κ1) is 10.7. The third-order valence-corrected chi connectivity index (χ3v) is 2.86. The number of nitrogens with one attached hydrogen (secondary N) is 1. The lowest BCUT2D eigenvalue weighted by Crippen LogP contribution is -1.98. The Morgan fingerprint density at radius 3 is 2.61 bits per heavy atom. The van der Waals surface area contributed by atoms with Crippen LogP contribution in [0, 0.1) is 6.92 Å². The van der Waals surface area contributed by atoms with Gasteiger partial charge in [0.15, 0.2) is 11.3 Å². The van der Waals surface area contributed by atoms with Crippen molar-refractivity contribution in [1.29, 1.82) is 0 Å². The highest BCUT2D eigenvalue weighted by molar-refractivity contribution is 5.98. The monoisotopic (exact) mass is 240 g/mol. The summed E-state index contributed by atoms with van der Waals surface area (Å²) >= 11 is 0. The number of benzene rings is 1. The molecule has 3 aromatic rings. The van der Waals surface area contributed by atoms with Gasteiger partial charge in [-0.05, 0) is 6.92 Å². The molecule has 0 spiro atoms. The third kappa shape index (κ3) is 1.52. The molecule has 0 atom stereocenters. The van der Waals surface area contributed by atoms with Crippen LogP contribution < -0.4 is 5.32 Å². The van der Waals surface area contributed by atoms with Gasteiger partial charge in [-0.2, -0.15) is 0 Å². The number of nitrogens with zero attached hydrogens (tertiary/aromatic N) is 3. The molecule has 0 amide bonds. The van der Waals surface area contributed by atoms with Gasteiger partial charge in [-0.25, -0.2) is 0 Å². The van der Waals surface area contributed by atoms with Crippen LogP contribution in [0.4, 0.5) is 5.82 Å². The van der Waals surface area contributed by atoms with Gasteiger partial charge in [0, 0.05) is 12.6 Å². The quantitative estimate of drug-likeness (QED) is 0.746. The predicted molar refractivity (Wildman–Crippen MR) is 69.3 cm³/mol. The minimum Gasteiger partial charge on any atom is -0.370 e. The standard InChI is InChI=1S/C13H12N4O/c1-8-10-11(9-6-4-3-5-7-9)15-16-13(14-2)12(10)17-18-8/h3-7H,1-2H3,(H,14,16). The molecule has 2 aromatic heterocycles. The van der Waals surface area contributed by atoms with Crippen molar-refractivity contribution in [2.75, 3.05) is 12.4 Å². The van der Waals surface area contributed by atoms with E-state index >= 15 is 0 Å². The van der Waals surface area contributed by atoms with Crippen molar-refractivity contribution >= 4 is 16.7 Å². The normalized spacial score (nSPS) is 10.8. The molecule has 1 N–H and O–H groups in total. The Kier molecular flexibility index (Phi) is 2.44. The summed E-state index contributed by atoms with van der Waals surface area (Å²) < 4.78 is 5.25. The van der Waals surface area contributed by atoms with E-state index in [-0.39, 0.29) is 0 Å². The fourth-order valence-corrected chi connectivity index (χ4v) is 1.98. The van der Waals surface area contributed by atoms with E-state index in [0.29, 0.717) is 11.3 Å². The fraction of sp³-hybridized carbons (Fsp3) is 0.154. The van der Waals surface area contributed by atoms with Crippen LogP contribution in [0.2, 0.25) is 0 Å². The Balaban J connectivity index is 2.34. The van der Waals surface area contributed by atoms with Crippen LogP contribution in [-0.4, -0.2) is 22.4 Å². The summed E-state index contributed by atoms with van der Waals surface area (Å²) in [5.41, 5.74) is 2.51. The van der Waals surface area contributed by atoms with Crippen molar-refractivity contribution in [2.24, 2.45) is 0 Å². The molecule has 1 aromatic carbocycles. The van der Waals surface area contributed by atoms with Gasteiger partial charge in [0.25, 0.3) is 0 Å². The first-order chi connectivity index (χ1) is 8.81. The molecule has 5 heteroatoms. The van der Waals surface area contributed by atoms with Crippen LogP contribution in [0.25, 0.3) is 22.2 Å². The first-order valence-corrected chi connectivity index (χ1v) is 5.67. The second-order valence-electron chi connectivity index (χ2n) is 3.98. The summed E-state index contributed by atoms with van der Waals surface area (Å²) in [5.74, 6) is 1.37. The highest BCUT2D eigenvalue weighted by Gasteiger charge is 2.16. The highest BCUT2D eigenvalue weighted by atomic mass is 16.5. The number of hydrogen-bond acceptors (Lipinski definition) is 5. The average Bonchev–Trinajstić information content (AvgIpc) is 2.82. The Labute approximate surface area is 104 Å². The molecule has 0 aliphatic carbocycles. The van der Waals surface area contributed by atoms with E-state index in [9.17, 15) is 0 Å². The lowest BCUT2D eigenvalue weighted by Gasteiger charge is -2.04. The number of anilines is 1. The van der Waals surface area contributed by atoms with Crippen LogP contribution in [0.15, 0.2) is 34.9 Å².